The smallest absolute Gasteiger partial charge is 0.370 e. The van der Waals surface area contributed by atoms with Crippen LogP contribution in [0, 0.1) is 0 Å². The Morgan fingerprint density at radius 2 is 1.32 bits per heavy atom. The molecular weight excluding hydrogens is 344 g/mol. The predicted octanol–water partition coefficient (Wildman–Crippen LogP) is 4.42. The Morgan fingerprint density at radius 3 is 1.76 bits per heavy atom. The first kappa shape index (κ1) is 22.8. The summed E-state index contributed by atoms with van der Waals surface area (Å²) in [6.45, 7) is 4.61. The third kappa shape index (κ3) is 9.33. The number of unbranched alkanes of at least 4 members (excludes halogenated alkanes) is 10. The van der Waals surface area contributed by atoms with E-state index in [4.69, 9.17) is 4.74 Å². The zero-order valence-electron chi connectivity index (χ0n) is 15.9. The minimum Gasteiger partial charge on any atom is -0.370 e. The molecule has 1 atom stereocenters. The highest BCUT2D eigenvalue weighted by Crippen LogP contribution is 2.35. The van der Waals surface area contributed by atoms with Crippen LogP contribution in [0.15, 0.2) is 0 Å². The predicted molar refractivity (Wildman–Crippen MR) is 97.1 cm³/mol. The summed E-state index contributed by atoms with van der Waals surface area (Å²) in [6.07, 6.45) is 14.0. The molecule has 0 saturated carbocycles. The minimum atomic E-state index is -4.04. The molecule has 0 bridgehead atoms. The Hall–Kier alpha value is -0.210. The molecule has 25 heavy (non-hydrogen) atoms. The normalized spacial score (nSPS) is 19.5. The molecule has 0 radical (unpaired) electrons. The number of ether oxygens (including phenoxy) is 1. The summed E-state index contributed by atoms with van der Waals surface area (Å²) in [6, 6.07) is 0. The van der Waals surface area contributed by atoms with Gasteiger partial charge in [-0.1, -0.05) is 84.5 Å². The molecule has 1 aliphatic heterocycles. The molecule has 1 saturated heterocycles. The van der Waals surface area contributed by atoms with Gasteiger partial charge in [-0.05, 0) is 12.8 Å². The van der Waals surface area contributed by atoms with Crippen molar-refractivity contribution in [2.45, 2.75) is 109 Å². The molecule has 0 aromatic rings. The Kier molecular flexibility index (Phi) is 11.2. The molecule has 1 N–H and O–H groups in total. The van der Waals surface area contributed by atoms with Gasteiger partial charge < -0.3 is 9.84 Å². The third-order valence-electron chi connectivity index (χ3n) is 4.44. The van der Waals surface area contributed by atoms with Gasteiger partial charge in [0.15, 0.2) is 0 Å². The highest BCUT2D eigenvalue weighted by atomic mass is 32.3. The van der Waals surface area contributed by atoms with Crippen molar-refractivity contribution in [1.82, 2.24) is 0 Å². The summed E-state index contributed by atoms with van der Waals surface area (Å²) in [4.78, 5) is 0. The number of hydrogen-bond donors (Lipinski definition) is 1. The second-order valence-corrected chi connectivity index (χ2v) is 8.04. The molecule has 150 valence electrons. The molecule has 1 fully saturated rings. The van der Waals surface area contributed by atoms with E-state index in [-0.39, 0.29) is 0 Å². The first-order valence-corrected chi connectivity index (χ1v) is 11.3. The molecule has 6 nitrogen and oxygen atoms in total. The van der Waals surface area contributed by atoms with E-state index in [9.17, 15) is 13.5 Å². The lowest BCUT2D eigenvalue weighted by atomic mass is 10.0. The van der Waals surface area contributed by atoms with Crippen molar-refractivity contribution in [3.05, 3.63) is 0 Å². The average molecular weight is 381 g/mol. The lowest BCUT2D eigenvalue weighted by Gasteiger charge is -2.39. The van der Waals surface area contributed by atoms with Gasteiger partial charge in [0.2, 0.25) is 0 Å². The maximum absolute atomic E-state index is 11.0. The van der Waals surface area contributed by atoms with E-state index in [0.29, 0.717) is 13.0 Å². The van der Waals surface area contributed by atoms with Crippen molar-refractivity contribution in [3.63, 3.8) is 0 Å². The first-order valence-electron chi connectivity index (χ1n) is 9.93. The van der Waals surface area contributed by atoms with Crippen molar-refractivity contribution in [2.24, 2.45) is 0 Å². The van der Waals surface area contributed by atoms with Crippen molar-refractivity contribution in [3.8, 4) is 0 Å². The summed E-state index contributed by atoms with van der Waals surface area (Å²) in [7, 11) is -4.04. The molecular formula is C18H36O6S. The van der Waals surface area contributed by atoms with Crippen molar-refractivity contribution in [2.75, 3.05) is 6.61 Å². The highest BCUT2D eigenvalue weighted by Gasteiger charge is 2.57. The fourth-order valence-electron chi connectivity index (χ4n) is 3.03. The third-order valence-corrected chi connectivity index (χ3v) is 5.33. The SMILES string of the molecule is CCCCCCCCCCCCCC(OCCC)C1(O)OS(=O)(=O)O1. The molecule has 1 aliphatic rings. The van der Waals surface area contributed by atoms with Gasteiger partial charge in [-0.3, -0.25) is 0 Å². The van der Waals surface area contributed by atoms with Crippen LogP contribution in [0.4, 0.5) is 0 Å². The molecule has 7 heteroatoms. The van der Waals surface area contributed by atoms with Gasteiger partial charge in [0, 0.05) is 6.61 Å². The number of rotatable bonds is 16. The van der Waals surface area contributed by atoms with Crippen molar-refractivity contribution in [1.29, 1.82) is 0 Å². The minimum absolute atomic E-state index is 0.428. The van der Waals surface area contributed by atoms with Crippen LogP contribution in [-0.2, 0) is 23.5 Å². The fraction of sp³-hybridized carbons (Fsp3) is 1.00. The summed E-state index contributed by atoms with van der Waals surface area (Å²) in [5, 5.41) is 10.0. The van der Waals surface area contributed by atoms with E-state index in [0.717, 1.165) is 25.7 Å². The zero-order valence-corrected chi connectivity index (χ0v) is 16.7. The molecule has 0 aliphatic carbocycles. The van der Waals surface area contributed by atoms with Crippen LogP contribution in [0.3, 0.4) is 0 Å². The maximum Gasteiger partial charge on any atom is 0.409 e. The van der Waals surface area contributed by atoms with Crippen LogP contribution in [0.5, 0.6) is 0 Å². The van der Waals surface area contributed by atoms with Gasteiger partial charge in [0.1, 0.15) is 6.10 Å². The Balaban J connectivity index is 2.09. The second kappa shape index (κ2) is 12.2. The van der Waals surface area contributed by atoms with Crippen molar-refractivity contribution < 1.29 is 26.6 Å². The second-order valence-electron chi connectivity index (χ2n) is 6.89. The molecule has 1 rings (SSSR count). The molecule has 0 amide bonds. The molecule has 1 heterocycles. The van der Waals surface area contributed by atoms with Crippen LogP contribution < -0.4 is 0 Å². The van der Waals surface area contributed by atoms with E-state index >= 15 is 0 Å². The van der Waals surface area contributed by atoms with E-state index < -0.39 is 22.5 Å². The first-order chi connectivity index (χ1) is 11.9. The topological polar surface area (TPSA) is 82.1 Å². The lowest BCUT2D eigenvalue weighted by Crippen LogP contribution is -2.59. The summed E-state index contributed by atoms with van der Waals surface area (Å²) in [5.74, 6) is -2.15. The van der Waals surface area contributed by atoms with E-state index in [1.54, 1.807) is 0 Å². The monoisotopic (exact) mass is 380 g/mol. The summed E-state index contributed by atoms with van der Waals surface area (Å²) in [5.41, 5.74) is 0. The van der Waals surface area contributed by atoms with Crippen LogP contribution in [0.1, 0.15) is 97.3 Å². The number of aliphatic hydroxyl groups is 1. The quantitative estimate of drug-likeness (QED) is 0.399. The van der Waals surface area contributed by atoms with E-state index in [1.165, 1.54) is 51.4 Å². The van der Waals surface area contributed by atoms with Crippen LogP contribution in [-0.4, -0.2) is 32.2 Å². The maximum atomic E-state index is 11.0. The van der Waals surface area contributed by atoms with Gasteiger partial charge in [0.25, 0.3) is 0 Å². The Bertz CT molecular complexity index is 425. The largest absolute Gasteiger partial charge is 0.409 e. The van der Waals surface area contributed by atoms with Gasteiger partial charge in [-0.25, -0.2) is 0 Å². The Labute approximate surface area is 153 Å². The van der Waals surface area contributed by atoms with Crippen LogP contribution >= 0.6 is 0 Å². The zero-order chi connectivity index (χ0) is 18.6. The molecule has 0 aromatic heterocycles. The van der Waals surface area contributed by atoms with Crippen molar-refractivity contribution >= 4 is 10.4 Å². The van der Waals surface area contributed by atoms with E-state index in [1.807, 2.05) is 6.92 Å². The van der Waals surface area contributed by atoms with Crippen LogP contribution in [0.25, 0.3) is 0 Å². The summed E-state index contributed by atoms with van der Waals surface area (Å²) < 4.78 is 36.5. The highest BCUT2D eigenvalue weighted by molar-refractivity contribution is 7.82. The van der Waals surface area contributed by atoms with Gasteiger partial charge in [-0.2, -0.15) is 16.8 Å². The Morgan fingerprint density at radius 1 is 0.840 bits per heavy atom. The summed E-state index contributed by atoms with van der Waals surface area (Å²) >= 11 is 0. The number of hydrogen-bond acceptors (Lipinski definition) is 6. The van der Waals surface area contributed by atoms with Crippen LogP contribution in [0.2, 0.25) is 0 Å². The van der Waals surface area contributed by atoms with E-state index in [2.05, 4.69) is 15.3 Å². The van der Waals surface area contributed by atoms with Gasteiger partial charge in [-0.15, -0.1) is 0 Å². The fourth-order valence-corrected chi connectivity index (χ4v) is 3.84. The molecule has 0 spiro atoms. The molecule has 1 unspecified atom stereocenters. The standard InChI is InChI=1S/C18H36O6S/c1-3-5-6-7-8-9-10-11-12-13-14-15-17(22-16-4-2)18(19)23-25(20,21)24-18/h17,19H,3-16H2,1-2H3. The molecule has 0 aromatic carbocycles. The average Bonchev–Trinajstić information content (AvgIpc) is 2.53. The van der Waals surface area contributed by atoms with Gasteiger partial charge in [0.05, 0.1) is 0 Å². The van der Waals surface area contributed by atoms with Gasteiger partial charge >= 0.3 is 16.4 Å². The lowest BCUT2D eigenvalue weighted by molar-refractivity contribution is -0.373.